The van der Waals surface area contributed by atoms with E-state index in [9.17, 15) is 14.7 Å². The van der Waals surface area contributed by atoms with Crippen molar-refractivity contribution in [3.63, 3.8) is 0 Å². The second-order valence-corrected chi connectivity index (χ2v) is 9.63. The summed E-state index contributed by atoms with van der Waals surface area (Å²) in [5, 5.41) is 20.7. The maximum absolute atomic E-state index is 13.0. The number of halogens is 1. The van der Waals surface area contributed by atoms with E-state index < -0.39 is 5.60 Å². The molecule has 2 fully saturated rings. The van der Waals surface area contributed by atoms with Crippen LogP contribution in [0.5, 0.6) is 5.88 Å². The van der Waals surface area contributed by atoms with E-state index in [2.05, 4.69) is 20.5 Å². The molecule has 2 aromatic rings. The highest BCUT2D eigenvalue weighted by Gasteiger charge is 2.33. The first-order chi connectivity index (χ1) is 15.8. The van der Waals surface area contributed by atoms with Gasteiger partial charge < -0.3 is 20.1 Å². The molecule has 1 aliphatic carbocycles. The molecule has 0 atom stereocenters. The number of rotatable bonds is 5. The lowest BCUT2D eigenvalue weighted by molar-refractivity contribution is -0.127. The van der Waals surface area contributed by atoms with Crippen LogP contribution in [-0.2, 0) is 4.79 Å². The number of hydrogen-bond acceptors (Lipinski definition) is 6. The summed E-state index contributed by atoms with van der Waals surface area (Å²) in [6.07, 6.45) is 5.73. The fourth-order valence-corrected chi connectivity index (χ4v) is 4.72. The van der Waals surface area contributed by atoms with Crippen LogP contribution in [0.4, 0.5) is 0 Å². The summed E-state index contributed by atoms with van der Waals surface area (Å²) in [6.45, 7) is 2.87. The summed E-state index contributed by atoms with van der Waals surface area (Å²) < 4.78 is 5.14. The minimum absolute atomic E-state index is 0.0544. The number of carbonyl (C=O) groups excluding carboxylic acids is 2. The Labute approximate surface area is 197 Å². The number of hydrogen-bond donors (Lipinski definition) is 3. The second kappa shape index (κ2) is 9.69. The summed E-state index contributed by atoms with van der Waals surface area (Å²) in [4.78, 5) is 31.5. The van der Waals surface area contributed by atoms with Crippen molar-refractivity contribution < 1.29 is 19.4 Å². The van der Waals surface area contributed by atoms with E-state index in [4.69, 9.17) is 16.3 Å². The highest BCUT2D eigenvalue weighted by Crippen LogP contribution is 2.30. The highest BCUT2D eigenvalue weighted by molar-refractivity contribution is 6.33. The van der Waals surface area contributed by atoms with Gasteiger partial charge in [-0.2, -0.15) is 5.10 Å². The monoisotopic (exact) mass is 475 g/mol. The lowest BCUT2D eigenvalue weighted by Gasteiger charge is -2.35. The summed E-state index contributed by atoms with van der Waals surface area (Å²) >= 11 is 6.24. The molecule has 2 amide bonds. The number of aromatic nitrogens is 3. The minimum Gasteiger partial charge on any atom is -0.481 e. The summed E-state index contributed by atoms with van der Waals surface area (Å²) in [5.41, 5.74) is 0.908. The van der Waals surface area contributed by atoms with Gasteiger partial charge in [0.05, 0.1) is 29.6 Å². The van der Waals surface area contributed by atoms with E-state index in [1.165, 1.54) is 13.3 Å². The van der Waals surface area contributed by atoms with Crippen LogP contribution in [-0.4, -0.2) is 68.8 Å². The molecule has 0 bridgehead atoms. The van der Waals surface area contributed by atoms with E-state index in [0.29, 0.717) is 66.6 Å². The standard InChI is InChI=1S/C23H30ClN5O4/c1-23(32)7-3-15(4-8-23)26-21(30)14-5-9-29(10-6-14)22(31)19-12-18(27-28-19)16-11-20(33-2)25-13-17(16)24/h11-15,32H,3-10H2,1-2H3,(H,26,30)(H,27,28). The Morgan fingerprint density at radius 3 is 2.61 bits per heavy atom. The molecule has 3 N–H and O–H groups in total. The molecule has 9 nitrogen and oxygen atoms in total. The summed E-state index contributed by atoms with van der Waals surface area (Å²) in [5.74, 6) is 0.208. The van der Waals surface area contributed by atoms with Crippen molar-refractivity contribution in [2.75, 3.05) is 20.2 Å². The summed E-state index contributed by atoms with van der Waals surface area (Å²) in [6, 6.07) is 3.46. The van der Waals surface area contributed by atoms with E-state index in [1.54, 1.807) is 17.0 Å². The summed E-state index contributed by atoms with van der Waals surface area (Å²) in [7, 11) is 1.52. The molecule has 0 radical (unpaired) electrons. The Kier molecular flexibility index (Phi) is 6.90. The average Bonchev–Trinajstić information content (AvgIpc) is 3.30. The topological polar surface area (TPSA) is 120 Å². The third-order valence-electron chi connectivity index (χ3n) is 6.69. The largest absolute Gasteiger partial charge is 0.481 e. The Hall–Kier alpha value is -2.65. The predicted molar refractivity (Wildman–Crippen MR) is 123 cm³/mol. The van der Waals surface area contributed by atoms with Crippen LogP contribution in [0.15, 0.2) is 18.3 Å². The molecule has 2 aromatic heterocycles. The van der Waals surface area contributed by atoms with Crippen molar-refractivity contribution in [1.82, 2.24) is 25.4 Å². The Bertz CT molecular complexity index is 1010. The van der Waals surface area contributed by atoms with Gasteiger partial charge in [-0.15, -0.1) is 0 Å². The Balaban J connectivity index is 1.31. The number of H-pyrrole nitrogens is 1. The van der Waals surface area contributed by atoms with Crippen molar-refractivity contribution in [3.8, 4) is 17.1 Å². The molecular weight excluding hydrogens is 446 g/mol. The van der Waals surface area contributed by atoms with Crippen molar-refractivity contribution in [1.29, 1.82) is 0 Å². The maximum Gasteiger partial charge on any atom is 0.271 e. The number of ether oxygens (including phenoxy) is 1. The molecule has 10 heteroatoms. The number of likely N-dealkylation sites (tertiary alicyclic amines) is 1. The second-order valence-electron chi connectivity index (χ2n) is 9.22. The number of nitrogens with one attached hydrogen (secondary N) is 2. The van der Waals surface area contributed by atoms with Gasteiger partial charge in [0.2, 0.25) is 11.8 Å². The van der Waals surface area contributed by atoms with Crippen LogP contribution in [0.25, 0.3) is 11.3 Å². The number of nitrogens with zero attached hydrogens (tertiary/aromatic N) is 3. The predicted octanol–water partition coefficient (Wildman–Crippen LogP) is 2.80. The normalized spacial score (nSPS) is 23.9. The zero-order valence-corrected chi connectivity index (χ0v) is 19.7. The molecule has 33 heavy (non-hydrogen) atoms. The van der Waals surface area contributed by atoms with Gasteiger partial charge in [-0.1, -0.05) is 11.6 Å². The fraction of sp³-hybridized carbons (Fsp3) is 0.565. The van der Waals surface area contributed by atoms with Crippen molar-refractivity contribution in [2.24, 2.45) is 5.92 Å². The smallest absolute Gasteiger partial charge is 0.271 e. The van der Waals surface area contributed by atoms with Crippen molar-refractivity contribution in [2.45, 2.75) is 57.1 Å². The Morgan fingerprint density at radius 2 is 1.94 bits per heavy atom. The van der Waals surface area contributed by atoms with E-state index in [-0.39, 0.29) is 23.8 Å². The van der Waals surface area contributed by atoms with Gasteiger partial charge in [0.1, 0.15) is 5.69 Å². The van der Waals surface area contributed by atoms with Gasteiger partial charge in [0.25, 0.3) is 5.91 Å². The first-order valence-electron chi connectivity index (χ1n) is 11.3. The highest BCUT2D eigenvalue weighted by atomic mass is 35.5. The number of aromatic amines is 1. The quantitative estimate of drug-likeness (QED) is 0.611. The number of aliphatic hydroxyl groups is 1. The van der Waals surface area contributed by atoms with Crippen LogP contribution in [0.1, 0.15) is 55.9 Å². The molecule has 1 aliphatic heterocycles. The van der Waals surface area contributed by atoms with Gasteiger partial charge in [0, 0.05) is 36.7 Å². The molecule has 1 saturated heterocycles. The van der Waals surface area contributed by atoms with Crippen LogP contribution >= 0.6 is 11.6 Å². The van der Waals surface area contributed by atoms with Crippen molar-refractivity contribution >= 4 is 23.4 Å². The number of pyridine rings is 1. The first kappa shape index (κ1) is 23.5. The molecule has 0 unspecified atom stereocenters. The fourth-order valence-electron chi connectivity index (χ4n) is 4.51. The molecular formula is C23H30ClN5O4. The number of carbonyl (C=O) groups is 2. The Morgan fingerprint density at radius 1 is 1.24 bits per heavy atom. The lowest BCUT2D eigenvalue weighted by Crippen LogP contribution is -2.47. The number of methoxy groups -OCH3 is 1. The average molecular weight is 476 g/mol. The van der Waals surface area contributed by atoms with Gasteiger partial charge in [-0.25, -0.2) is 4.98 Å². The van der Waals surface area contributed by atoms with Crippen LogP contribution in [0.2, 0.25) is 5.02 Å². The van der Waals surface area contributed by atoms with E-state index in [0.717, 1.165) is 12.8 Å². The molecule has 3 heterocycles. The van der Waals surface area contributed by atoms with Crippen molar-refractivity contribution in [3.05, 3.63) is 29.0 Å². The number of amides is 2. The van der Waals surface area contributed by atoms with Gasteiger partial charge >= 0.3 is 0 Å². The third-order valence-corrected chi connectivity index (χ3v) is 6.99. The SMILES string of the molecule is COc1cc(-c2cc(C(=O)N3CCC(C(=O)NC4CCC(C)(O)CC4)CC3)[nH]n2)c(Cl)cn1. The van der Waals surface area contributed by atoms with Crippen LogP contribution in [0, 0.1) is 5.92 Å². The van der Waals surface area contributed by atoms with Gasteiger partial charge in [-0.05, 0) is 51.5 Å². The molecule has 0 aromatic carbocycles. The zero-order chi connectivity index (χ0) is 23.6. The van der Waals surface area contributed by atoms with Gasteiger partial charge in [0.15, 0.2) is 0 Å². The number of piperidine rings is 1. The lowest BCUT2D eigenvalue weighted by atomic mass is 9.83. The van der Waals surface area contributed by atoms with Crippen LogP contribution in [0.3, 0.4) is 0 Å². The van der Waals surface area contributed by atoms with E-state index >= 15 is 0 Å². The van der Waals surface area contributed by atoms with E-state index in [1.807, 2.05) is 6.92 Å². The third kappa shape index (κ3) is 5.47. The molecule has 178 valence electrons. The zero-order valence-electron chi connectivity index (χ0n) is 18.9. The first-order valence-corrected chi connectivity index (χ1v) is 11.7. The maximum atomic E-state index is 13.0. The minimum atomic E-state index is -0.617. The van der Waals surface area contributed by atoms with Crippen LogP contribution < -0.4 is 10.1 Å². The molecule has 2 aliphatic rings. The molecule has 4 rings (SSSR count). The molecule has 0 spiro atoms. The van der Waals surface area contributed by atoms with Gasteiger partial charge in [-0.3, -0.25) is 14.7 Å². The molecule has 1 saturated carbocycles.